The van der Waals surface area contributed by atoms with Crippen LogP contribution in [0.15, 0.2) is 21.8 Å². The van der Waals surface area contributed by atoms with Gasteiger partial charge in [-0.05, 0) is 45.0 Å². The number of likely N-dealkylation sites (tertiary alicyclic amines) is 1. The van der Waals surface area contributed by atoms with Gasteiger partial charge in [0.1, 0.15) is 11.3 Å². The second-order valence-electron chi connectivity index (χ2n) is 5.75. The van der Waals surface area contributed by atoms with E-state index in [0.717, 1.165) is 24.8 Å². The van der Waals surface area contributed by atoms with Crippen LogP contribution >= 0.6 is 11.8 Å². The minimum absolute atomic E-state index is 0.0349. The van der Waals surface area contributed by atoms with Crippen molar-refractivity contribution in [1.29, 1.82) is 0 Å². The number of oxazole rings is 1. The third-order valence-corrected chi connectivity index (χ3v) is 4.91. The summed E-state index contributed by atoms with van der Waals surface area (Å²) in [5.74, 6) is -0.383. The molecule has 0 spiro atoms. The maximum atomic E-state index is 13.5. The third kappa shape index (κ3) is 4.03. The van der Waals surface area contributed by atoms with Crippen LogP contribution in [0.25, 0.3) is 11.1 Å². The van der Waals surface area contributed by atoms with E-state index < -0.39 is 11.7 Å². The first kappa shape index (κ1) is 16.3. The highest BCUT2D eigenvalue weighted by atomic mass is 32.2. The minimum atomic E-state index is -0.715. The Morgan fingerprint density at radius 1 is 1.35 bits per heavy atom. The quantitative estimate of drug-likeness (QED) is 0.648. The van der Waals surface area contributed by atoms with Crippen molar-refractivity contribution in [2.45, 2.75) is 30.9 Å². The van der Waals surface area contributed by atoms with E-state index >= 15 is 0 Å². The molecule has 2 aromatic rings. The second-order valence-corrected chi connectivity index (χ2v) is 6.80. The maximum absolute atomic E-state index is 13.5. The number of rotatable bonds is 6. The first-order valence-electron chi connectivity index (χ1n) is 7.88. The predicted molar refractivity (Wildman–Crippen MR) is 88.1 cm³/mol. The lowest BCUT2D eigenvalue weighted by Crippen LogP contribution is -2.30. The van der Waals surface area contributed by atoms with E-state index in [0.29, 0.717) is 10.7 Å². The van der Waals surface area contributed by atoms with Gasteiger partial charge in [0.25, 0.3) is 11.1 Å². The summed E-state index contributed by atoms with van der Waals surface area (Å²) in [5.41, 5.74) is 5.88. The number of nitrogens with two attached hydrogens (primary N) is 1. The van der Waals surface area contributed by atoms with E-state index in [1.54, 1.807) is 0 Å². The Bertz CT molecular complexity index is 698. The highest BCUT2D eigenvalue weighted by Crippen LogP contribution is 2.27. The lowest BCUT2D eigenvalue weighted by molar-refractivity contribution is 0.100. The molecule has 1 aliphatic rings. The lowest BCUT2D eigenvalue weighted by Gasteiger charge is -2.26. The summed E-state index contributed by atoms with van der Waals surface area (Å²) in [4.78, 5) is 18.1. The van der Waals surface area contributed by atoms with Crippen LogP contribution in [0.2, 0.25) is 0 Å². The van der Waals surface area contributed by atoms with Gasteiger partial charge in [-0.2, -0.15) is 0 Å². The highest BCUT2D eigenvalue weighted by molar-refractivity contribution is 7.99. The molecule has 0 saturated carbocycles. The van der Waals surface area contributed by atoms with Crippen LogP contribution in [-0.2, 0) is 0 Å². The van der Waals surface area contributed by atoms with Crippen LogP contribution in [0.3, 0.4) is 0 Å². The molecule has 3 rings (SSSR count). The molecule has 1 aromatic heterocycles. The molecule has 2 heterocycles. The molecule has 0 radical (unpaired) electrons. The van der Waals surface area contributed by atoms with Gasteiger partial charge in [-0.3, -0.25) is 4.79 Å². The van der Waals surface area contributed by atoms with Gasteiger partial charge in [0, 0.05) is 11.8 Å². The van der Waals surface area contributed by atoms with Crippen molar-refractivity contribution in [1.82, 2.24) is 9.88 Å². The average Bonchev–Trinajstić information content (AvgIpc) is 2.94. The van der Waals surface area contributed by atoms with Gasteiger partial charge < -0.3 is 15.1 Å². The third-order valence-electron chi connectivity index (χ3n) is 3.99. The van der Waals surface area contributed by atoms with Crippen LogP contribution < -0.4 is 5.73 Å². The SMILES string of the molecule is NC(=O)c1cc(F)cc2nc(SCCCN3CCCCC3)oc12. The Balaban J connectivity index is 1.60. The number of aromatic nitrogens is 1. The maximum Gasteiger partial charge on any atom is 0.256 e. The van der Waals surface area contributed by atoms with Crippen molar-refractivity contribution in [3.8, 4) is 0 Å². The van der Waals surface area contributed by atoms with Gasteiger partial charge in [-0.15, -0.1) is 0 Å². The molecule has 0 aliphatic carbocycles. The number of carbonyl (C=O) groups excluding carboxylic acids is 1. The van der Waals surface area contributed by atoms with E-state index in [-0.39, 0.29) is 11.1 Å². The molecular weight excluding hydrogens is 317 g/mol. The van der Waals surface area contributed by atoms with Crippen molar-refractivity contribution < 1.29 is 13.6 Å². The summed E-state index contributed by atoms with van der Waals surface area (Å²) in [6, 6.07) is 2.34. The predicted octanol–water partition coefficient (Wildman–Crippen LogP) is 3.03. The van der Waals surface area contributed by atoms with Gasteiger partial charge in [0.05, 0.1) is 5.56 Å². The molecular formula is C16H20FN3O2S. The Morgan fingerprint density at radius 2 is 2.13 bits per heavy atom. The topological polar surface area (TPSA) is 72.4 Å². The van der Waals surface area contributed by atoms with Gasteiger partial charge >= 0.3 is 0 Å². The van der Waals surface area contributed by atoms with E-state index in [1.807, 2.05) is 0 Å². The summed E-state index contributed by atoms with van der Waals surface area (Å²) in [7, 11) is 0. The molecule has 1 aliphatic heterocycles. The van der Waals surface area contributed by atoms with Crippen molar-refractivity contribution in [2.75, 3.05) is 25.4 Å². The summed E-state index contributed by atoms with van der Waals surface area (Å²) in [5, 5.41) is 0.451. The number of fused-ring (bicyclic) bond motifs is 1. The number of thioether (sulfide) groups is 1. The fourth-order valence-electron chi connectivity index (χ4n) is 2.85. The molecule has 23 heavy (non-hydrogen) atoms. The van der Waals surface area contributed by atoms with E-state index in [4.69, 9.17) is 10.2 Å². The molecule has 1 amide bonds. The van der Waals surface area contributed by atoms with Crippen LogP contribution in [-0.4, -0.2) is 41.2 Å². The number of benzene rings is 1. The Hall–Kier alpha value is -1.60. The molecule has 0 atom stereocenters. The number of hydrogen-bond donors (Lipinski definition) is 1. The fraction of sp³-hybridized carbons (Fsp3) is 0.500. The number of hydrogen-bond acceptors (Lipinski definition) is 5. The monoisotopic (exact) mass is 337 g/mol. The molecule has 0 unspecified atom stereocenters. The zero-order valence-corrected chi connectivity index (χ0v) is 13.7. The number of primary amides is 1. The van der Waals surface area contributed by atoms with Crippen LogP contribution in [0.4, 0.5) is 4.39 Å². The largest absolute Gasteiger partial charge is 0.430 e. The molecule has 7 heteroatoms. The average molecular weight is 337 g/mol. The van der Waals surface area contributed by atoms with E-state index in [9.17, 15) is 9.18 Å². The second kappa shape index (κ2) is 7.31. The molecule has 1 saturated heterocycles. The summed E-state index contributed by atoms with van der Waals surface area (Å²) >= 11 is 1.48. The number of amides is 1. The number of halogens is 1. The fourth-order valence-corrected chi connectivity index (χ4v) is 3.61. The van der Waals surface area contributed by atoms with Crippen molar-refractivity contribution in [3.05, 3.63) is 23.5 Å². The number of nitrogens with zero attached hydrogens (tertiary/aromatic N) is 2. The van der Waals surface area contributed by atoms with Gasteiger partial charge in [0.15, 0.2) is 5.58 Å². The summed E-state index contributed by atoms with van der Waals surface area (Å²) in [6.45, 7) is 3.46. The van der Waals surface area contributed by atoms with Crippen molar-refractivity contribution in [3.63, 3.8) is 0 Å². The molecule has 1 aromatic carbocycles. The van der Waals surface area contributed by atoms with Gasteiger partial charge in [0.2, 0.25) is 0 Å². The molecule has 124 valence electrons. The van der Waals surface area contributed by atoms with Crippen molar-refractivity contribution in [2.24, 2.45) is 5.73 Å². The van der Waals surface area contributed by atoms with Crippen LogP contribution in [0, 0.1) is 5.82 Å². The summed E-state index contributed by atoms with van der Waals surface area (Å²) in [6.07, 6.45) is 4.97. The smallest absolute Gasteiger partial charge is 0.256 e. The summed E-state index contributed by atoms with van der Waals surface area (Å²) < 4.78 is 19.1. The van der Waals surface area contributed by atoms with Crippen LogP contribution in [0.1, 0.15) is 36.0 Å². The standard InChI is InChI=1S/C16H20FN3O2S/c17-11-9-12(15(18)21)14-13(10-11)19-16(22-14)23-8-4-7-20-5-2-1-3-6-20/h9-10H,1-8H2,(H2,18,21). The zero-order valence-electron chi connectivity index (χ0n) is 12.9. The lowest BCUT2D eigenvalue weighted by atomic mass is 10.1. The van der Waals surface area contributed by atoms with Crippen molar-refractivity contribution >= 4 is 28.8 Å². The van der Waals surface area contributed by atoms with Crippen LogP contribution in [0.5, 0.6) is 0 Å². The first-order chi connectivity index (χ1) is 11.1. The van der Waals surface area contributed by atoms with E-state index in [1.165, 1.54) is 50.2 Å². The first-order valence-corrected chi connectivity index (χ1v) is 8.87. The number of carbonyl (C=O) groups is 1. The zero-order chi connectivity index (χ0) is 16.2. The Kier molecular flexibility index (Phi) is 5.17. The normalized spacial score (nSPS) is 16.0. The highest BCUT2D eigenvalue weighted by Gasteiger charge is 2.16. The van der Waals surface area contributed by atoms with Gasteiger partial charge in [-0.25, -0.2) is 9.37 Å². The minimum Gasteiger partial charge on any atom is -0.430 e. The molecule has 0 bridgehead atoms. The molecule has 5 nitrogen and oxygen atoms in total. The van der Waals surface area contributed by atoms with E-state index in [2.05, 4.69) is 9.88 Å². The number of piperidine rings is 1. The Morgan fingerprint density at radius 3 is 2.87 bits per heavy atom. The molecule has 1 fully saturated rings. The molecule has 2 N–H and O–H groups in total. The van der Waals surface area contributed by atoms with Gasteiger partial charge in [-0.1, -0.05) is 18.2 Å². The Labute approximate surface area is 138 Å².